The second kappa shape index (κ2) is 11.0. The van der Waals surface area contributed by atoms with Gasteiger partial charge in [-0.05, 0) is 124 Å². The molecular formula is C52H38. The van der Waals surface area contributed by atoms with Gasteiger partial charge in [-0.2, -0.15) is 0 Å². The third kappa shape index (κ3) is 4.22. The van der Waals surface area contributed by atoms with Crippen LogP contribution >= 0.6 is 0 Å². The second-order valence-electron chi connectivity index (χ2n) is 15.6. The van der Waals surface area contributed by atoms with Gasteiger partial charge in [-0.15, -0.1) is 0 Å². The summed E-state index contributed by atoms with van der Waals surface area (Å²) in [5, 5.41) is 2.66. The fourth-order valence-corrected chi connectivity index (χ4v) is 10.0. The molecule has 11 rings (SSSR count). The minimum atomic E-state index is -0.0415. The summed E-state index contributed by atoms with van der Waals surface area (Å²) in [4.78, 5) is 0. The van der Waals surface area contributed by atoms with Gasteiger partial charge in [0.15, 0.2) is 0 Å². The predicted molar refractivity (Wildman–Crippen MR) is 217 cm³/mol. The fourth-order valence-electron chi connectivity index (χ4n) is 10.0. The Morgan fingerprint density at radius 1 is 0.404 bits per heavy atom. The van der Waals surface area contributed by atoms with Crippen molar-refractivity contribution >= 4 is 10.8 Å². The lowest BCUT2D eigenvalue weighted by Gasteiger charge is -2.25. The molecule has 3 aliphatic carbocycles. The van der Waals surface area contributed by atoms with Crippen molar-refractivity contribution in [3.05, 3.63) is 214 Å². The zero-order valence-corrected chi connectivity index (χ0v) is 29.6. The van der Waals surface area contributed by atoms with Crippen molar-refractivity contribution < 1.29 is 0 Å². The smallest absolute Gasteiger partial charge is 0.0340 e. The summed E-state index contributed by atoms with van der Waals surface area (Å²) in [6.45, 7) is 4.77. The third-order valence-electron chi connectivity index (χ3n) is 12.5. The van der Waals surface area contributed by atoms with Crippen molar-refractivity contribution in [2.75, 3.05) is 0 Å². The Kier molecular flexibility index (Phi) is 6.29. The number of hydrogen-bond acceptors (Lipinski definition) is 0. The number of fused-ring (bicyclic) bond motifs is 10. The van der Waals surface area contributed by atoms with Gasteiger partial charge >= 0.3 is 0 Å². The van der Waals surface area contributed by atoms with Crippen LogP contribution in [0.5, 0.6) is 0 Å². The first-order valence-electron chi connectivity index (χ1n) is 18.7. The Morgan fingerprint density at radius 3 is 1.92 bits per heavy atom. The van der Waals surface area contributed by atoms with Gasteiger partial charge in [0.2, 0.25) is 0 Å². The Balaban J connectivity index is 1.06. The van der Waals surface area contributed by atoms with Crippen molar-refractivity contribution in [3.8, 4) is 44.5 Å². The summed E-state index contributed by atoms with van der Waals surface area (Å²) < 4.78 is 0. The lowest BCUT2D eigenvalue weighted by atomic mass is 9.78. The Morgan fingerprint density at radius 2 is 1.04 bits per heavy atom. The lowest BCUT2D eigenvalue weighted by Crippen LogP contribution is -2.15. The van der Waals surface area contributed by atoms with E-state index in [2.05, 4.69) is 178 Å². The Bertz CT molecular complexity index is 2760. The molecule has 0 bridgehead atoms. The molecule has 0 amide bonds. The highest BCUT2D eigenvalue weighted by atomic mass is 14.4. The summed E-state index contributed by atoms with van der Waals surface area (Å²) >= 11 is 0. The fraction of sp³-hybridized carbons (Fsp3) is 0.115. The molecule has 0 N–H and O–H groups in total. The summed E-state index contributed by atoms with van der Waals surface area (Å²) in [6.07, 6.45) is 1.92. The van der Waals surface area contributed by atoms with Crippen molar-refractivity contribution in [3.63, 3.8) is 0 Å². The number of benzene rings is 8. The molecule has 0 aromatic heterocycles. The van der Waals surface area contributed by atoms with E-state index in [9.17, 15) is 0 Å². The van der Waals surface area contributed by atoms with Gasteiger partial charge in [-0.25, -0.2) is 0 Å². The minimum absolute atomic E-state index is 0.0415. The highest BCUT2D eigenvalue weighted by Gasteiger charge is 2.36. The van der Waals surface area contributed by atoms with Crippen LogP contribution in [0.15, 0.2) is 164 Å². The van der Waals surface area contributed by atoms with Gasteiger partial charge in [-0.3, -0.25) is 0 Å². The van der Waals surface area contributed by atoms with Gasteiger partial charge in [-0.1, -0.05) is 172 Å². The molecule has 1 unspecified atom stereocenters. The number of hydrogen-bond donors (Lipinski definition) is 0. The summed E-state index contributed by atoms with van der Waals surface area (Å²) in [5.41, 5.74) is 23.7. The highest BCUT2D eigenvalue weighted by molar-refractivity contribution is 6.06. The van der Waals surface area contributed by atoms with Gasteiger partial charge in [0, 0.05) is 11.3 Å². The van der Waals surface area contributed by atoms with E-state index < -0.39 is 0 Å². The average Bonchev–Trinajstić information content (AvgIpc) is 3.82. The summed E-state index contributed by atoms with van der Waals surface area (Å²) in [7, 11) is 0. The van der Waals surface area contributed by atoms with Crippen LogP contribution in [-0.2, 0) is 18.3 Å². The van der Waals surface area contributed by atoms with Gasteiger partial charge in [0.1, 0.15) is 0 Å². The maximum absolute atomic E-state index is 2.53. The van der Waals surface area contributed by atoms with E-state index in [0.717, 1.165) is 12.8 Å². The molecular weight excluding hydrogens is 625 g/mol. The SMILES string of the molecule is CC1(C)c2ccccc2-c2ccc(C(c3ccccc3)c3ccc4c(c3)Cc3c-4cc4ccccc4c3-c3cccc4c3Cc3ccccc3-4)cc21. The molecule has 246 valence electrons. The van der Waals surface area contributed by atoms with Gasteiger partial charge in [0.25, 0.3) is 0 Å². The molecule has 52 heavy (non-hydrogen) atoms. The highest BCUT2D eigenvalue weighted by Crippen LogP contribution is 2.52. The zero-order valence-electron chi connectivity index (χ0n) is 29.6. The van der Waals surface area contributed by atoms with Crippen molar-refractivity contribution in [1.29, 1.82) is 0 Å². The van der Waals surface area contributed by atoms with E-state index in [4.69, 9.17) is 0 Å². The molecule has 0 fully saturated rings. The molecule has 0 spiro atoms. The van der Waals surface area contributed by atoms with Crippen LogP contribution in [0.2, 0.25) is 0 Å². The van der Waals surface area contributed by atoms with Crippen molar-refractivity contribution in [1.82, 2.24) is 0 Å². The Labute approximate surface area is 306 Å². The topological polar surface area (TPSA) is 0 Å². The summed E-state index contributed by atoms with van der Waals surface area (Å²) in [5.74, 6) is 0.134. The number of rotatable bonds is 4. The zero-order chi connectivity index (χ0) is 34.6. The van der Waals surface area contributed by atoms with Gasteiger partial charge in [0.05, 0.1) is 0 Å². The molecule has 0 radical (unpaired) electrons. The first-order valence-corrected chi connectivity index (χ1v) is 18.7. The van der Waals surface area contributed by atoms with Gasteiger partial charge < -0.3 is 0 Å². The van der Waals surface area contributed by atoms with Crippen LogP contribution < -0.4 is 0 Å². The van der Waals surface area contributed by atoms with Crippen LogP contribution in [0, 0.1) is 0 Å². The average molecular weight is 663 g/mol. The lowest BCUT2D eigenvalue weighted by molar-refractivity contribution is 0.659. The normalized spacial score (nSPS) is 14.7. The maximum atomic E-state index is 2.53. The van der Waals surface area contributed by atoms with E-state index in [0.29, 0.717) is 0 Å². The quantitative estimate of drug-likeness (QED) is 0.165. The summed E-state index contributed by atoms with van der Waals surface area (Å²) in [6, 6.07) is 62.1. The molecule has 3 aliphatic rings. The molecule has 0 heteroatoms. The van der Waals surface area contributed by atoms with Crippen LogP contribution in [0.4, 0.5) is 0 Å². The monoisotopic (exact) mass is 662 g/mol. The molecule has 0 aliphatic heterocycles. The van der Waals surface area contributed by atoms with Crippen LogP contribution in [0.25, 0.3) is 55.3 Å². The first-order chi connectivity index (χ1) is 25.5. The standard InChI is InChI=1S/C52H38/c1-52(2)48-22-11-10-19-42(48)43-26-24-36(31-49(43)52)50(32-13-4-3-5-14-32)35-23-25-39-37(27-35)30-47-45(39)29-34-16-7-9-18-40(34)51(47)44-21-12-20-41-38-17-8-6-15-33(38)28-46(41)44/h3-27,29,31,50H,28,30H2,1-2H3. The third-order valence-corrected chi connectivity index (χ3v) is 12.5. The van der Waals surface area contributed by atoms with E-state index >= 15 is 0 Å². The molecule has 1 atom stereocenters. The van der Waals surface area contributed by atoms with Crippen LogP contribution in [0.3, 0.4) is 0 Å². The van der Waals surface area contributed by atoms with Crippen molar-refractivity contribution in [2.45, 2.75) is 38.0 Å². The largest absolute Gasteiger partial charge is 0.0622 e. The minimum Gasteiger partial charge on any atom is -0.0622 e. The van der Waals surface area contributed by atoms with E-state index in [1.54, 1.807) is 0 Å². The molecule has 8 aromatic carbocycles. The van der Waals surface area contributed by atoms with Crippen LogP contribution in [0.1, 0.15) is 69.8 Å². The molecule has 0 saturated heterocycles. The molecule has 0 nitrogen and oxygen atoms in total. The molecule has 8 aromatic rings. The first kappa shape index (κ1) is 29.7. The van der Waals surface area contributed by atoms with E-state index in [1.807, 2.05) is 0 Å². The van der Waals surface area contributed by atoms with E-state index in [1.165, 1.54) is 105 Å². The second-order valence-corrected chi connectivity index (χ2v) is 15.6. The van der Waals surface area contributed by atoms with E-state index in [-0.39, 0.29) is 11.3 Å². The van der Waals surface area contributed by atoms with Crippen molar-refractivity contribution in [2.24, 2.45) is 0 Å². The molecule has 0 heterocycles. The Hall–Kier alpha value is -5.98. The molecule has 0 saturated carbocycles. The maximum Gasteiger partial charge on any atom is 0.0340 e. The predicted octanol–water partition coefficient (Wildman–Crippen LogP) is 13.1. The van der Waals surface area contributed by atoms with Crippen LogP contribution in [-0.4, -0.2) is 0 Å².